The number of hydrogen-bond donors (Lipinski definition) is 1. The van der Waals surface area contributed by atoms with Gasteiger partial charge in [-0.3, -0.25) is 0 Å². The second-order valence-electron chi connectivity index (χ2n) is 1.90. The van der Waals surface area contributed by atoms with Crippen LogP contribution in [0.3, 0.4) is 0 Å². The van der Waals surface area contributed by atoms with E-state index in [2.05, 4.69) is 9.28 Å². The molecule has 1 N–H and O–H groups in total. The number of rotatable bonds is 2. The maximum Gasteiger partial charge on any atom is 0.534 e. The van der Waals surface area contributed by atoms with Gasteiger partial charge >= 0.3 is 15.6 Å². The summed E-state index contributed by atoms with van der Waals surface area (Å²) in [4.78, 5) is 0. The Morgan fingerprint density at radius 2 is 2.08 bits per heavy atom. The third kappa shape index (κ3) is 2.11. The van der Waals surface area contributed by atoms with E-state index in [1.165, 1.54) is 0 Å². The third-order valence-electron chi connectivity index (χ3n) is 0.958. The fraction of sp³-hybridized carbons (Fsp3) is 0.250. The Bertz CT molecular complexity index is 368. The molecule has 9 heteroatoms. The molecule has 0 aromatic carbocycles. The van der Waals surface area contributed by atoms with Crippen LogP contribution in [0.15, 0.2) is 12.3 Å². The highest BCUT2D eigenvalue weighted by molar-refractivity contribution is 7.87. The molecular formula is C4H3F3N2O3S. The van der Waals surface area contributed by atoms with Crippen molar-refractivity contribution < 1.29 is 25.8 Å². The van der Waals surface area contributed by atoms with Crippen molar-refractivity contribution in [2.24, 2.45) is 0 Å². The van der Waals surface area contributed by atoms with Gasteiger partial charge < -0.3 is 4.18 Å². The van der Waals surface area contributed by atoms with Crippen LogP contribution in [0.5, 0.6) is 5.88 Å². The van der Waals surface area contributed by atoms with Crippen LogP contribution in [-0.2, 0) is 10.1 Å². The Balaban J connectivity index is 2.87. The lowest BCUT2D eigenvalue weighted by Crippen LogP contribution is -2.28. The zero-order chi connectivity index (χ0) is 10.1. The van der Waals surface area contributed by atoms with Crippen molar-refractivity contribution in [2.45, 2.75) is 5.51 Å². The van der Waals surface area contributed by atoms with E-state index in [1.54, 1.807) is 0 Å². The molecule has 0 saturated carbocycles. The predicted octanol–water partition coefficient (Wildman–Crippen LogP) is 0.638. The van der Waals surface area contributed by atoms with Gasteiger partial charge in [0.1, 0.15) is 0 Å². The largest absolute Gasteiger partial charge is 0.534 e. The number of aromatic amines is 1. The molecule has 13 heavy (non-hydrogen) atoms. The molecule has 5 nitrogen and oxygen atoms in total. The van der Waals surface area contributed by atoms with E-state index >= 15 is 0 Å². The third-order valence-corrected chi connectivity index (χ3v) is 1.92. The molecular weight excluding hydrogens is 213 g/mol. The maximum atomic E-state index is 11.7. The van der Waals surface area contributed by atoms with E-state index in [4.69, 9.17) is 0 Å². The molecule has 0 aliphatic heterocycles. The molecule has 1 heterocycles. The van der Waals surface area contributed by atoms with Crippen molar-refractivity contribution in [3.63, 3.8) is 0 Å². The average molecular weight is 216 g/mol. The minimum Gasteiger partial charge on any atom is -0.356 e. The first kappa shape index (κ1) is 9.84. The molecule has 0 aliphatic carbocycles. The molecule has 0 unspecified atom stereocenters. The highest BCUT2D eigenvalue weighted by Crippen LogP contribution is 2.25. The summed E-state index contributed by atoms with van der Waals surface area (Å²) < 4.78 is 59.3. The SMILES string of the molecule is O=S(=O)(Oc1ccn[nH]1)C(F)(F)F. The Morgan fingerprint density at radius 3 is 2.46 bits per heavy atom. The van der Waals surface area contributed by atoms with Crippen LogP contribution in [0.2, 0.25) is 0 Å². The fourth-order valence-electron chi connectivity index (χ4n) is 0.455. The van der Waals surface area contributed by atoms with Crippen LogP contribution in [0.25, 0.3) is 0 Å². The van der Waals surface area contributed by atoms with Crippen LogP contribution in [0.1, 0.15) is 0 Å². The molecule has 74 valence electrons. The molecule has 0 bridgehead atoms. The van der Waals surface area contributed by atoms with Crippen molar-refractivity contribution in [3.05, 3.63) is 12.3 Å². The first-order valence-electron chi connectivity index (χ1n) is 2.83. The van der Waals surface area contributed by atoms with Gasteiger partial charge in [0.15, 0.2) is 0 Å². The van der Waals surface area contributed by atoms with Gasteiger partial charge in [0.2, 0.25) is 5.88 Å². The van der Waals surface area contributed by atoms with Gasteiger partial charge in [-0.2, -0.15) is 26.7 Å². The number of halogens is 3. The monoisotopic (exact) mass is 216 g/mol. The van der Waals surface area contributed by atoms with Crippen LogP contribution < -0.4 is 4.18 Å². The lowest BCUT2D eigenvalue weighted by atomic mass is 10.7. The molecule has 0 aliphatic rings. The van der Waals surface area contributed by atoms with Crippen LogP contribution in [-0.4, -0.2) is 24.1 Å². The zero-order valence-corrected chi connectivity index (χ0v) is 6.69. The molecule has 0 spiro atoms. The molecule has 1 aromatic rings. The van der Waals surface area contributed by atoms with E-state index in [0.717, 1.165) is 12.3 Å². The first-order chi connectivity index (χ1) is 5.83. The van der Waals surface area contributed by atoms with E-state index in [9.17, 15) is 21.6 Å². The highest BCUT2D eigenvalue weighted by Gasteiger charge is 2.48. The van der Waals surface area contributed by atoms with E-state index in [-0.39, 0.29) is 0 Å². The van der Waals surface area contributed by atoms with Gasteiger partial charge in [0, 0.05) is 6.07 Å². The zero-order valence-electron chi connectivity index (χ0n) is 5.87. The van der Waals surface area contributed by atoms with E-state index in [1.807, 2.05) is 5.10 Å². The molecule has 1 aromatic heterocycles. The second-order valence-corrected chi connectivity index (χ2v) is 3.44. The normalized spacial score (nSPS) is 12.8. The number of nitrogens with one attached hydrogen (secondary N) is 1. The van der Waals surface area contributed by atoms with Crippen molar-refractivity contribution in [3.8, 4) is 5.88 Å². The number of nitrogens with zero attached hydrogens (tertiary/aromatic N) is 1. The number of alkyl halides is 3. The molecule has 0 fully saturated rings. The van der Waals surface area contributed by atoms with Gasteiger partial charge in [0.25, 0.3) is 0 Å². The number of aromatic nitrogens is 2. The van der Waals surface area contributed by atoms with Gasteiger partial charge in [-0.1, -0.05) is 0 Å². The predicted molar refractivity (Wildman–Crippen MR) is 34.2 cm³/mol. The molecule has 0 radical (unpaired) electrons. The Morgan fingerprint density at radius 1 is 1.46 bits per heavy atom. The summed E-state index contributed by atoms with van der Waals surface area (Å²) in [7, 11) is -5.59. The quantitative estimate of drug-likeness (QED) is 0.581. The minimum atomic E-state index is -5.59. The molecule has 0 amide bonds. The lowest BCUT2D eigenvalue weighted by molar-refractivity contribution is -0.0501. The van der Waals surface area contributed by atoms with Crippen LogP contribution >= 0.6 is 0 Å². The van der Waals surface area contributed by atoms with E-state index < -0.39 is 21.5 Å². The summed E-state index contributed by atoms with van der Waals surface area (Å²) in [5.41, 5.74) is -5.43. The van der Waals surface area contributed by atoms with Gasteiger partial charge in [-0.25, -0.2) is 5.10 Å². The van der Waals surface area contributed by atoms with Crippen molar-refractivity contribution in [2.75, 3.05) is 0 Å². The topological polar surface area (TPSA) is 72.1 Å². The summed E-state index contributed by atoms with van der Waals surface area (Å²) in [6.07, 6.45) is 1.06. The van der Waals surface area contributed by atoms with Crippen LogP contribution in [0.4, 0.5) is 13.2 Å². The standard InChI is InChI=1S/C4H3F3N2O3S/c5-4(6,7)13(10,11)12-3-1-2-8-9-3/h1-2H,(H,8,9). The summed E-state index contributed by atoms with van der Waals surface area (Å²) in [5.74, 6) is -0.586. The smallest absolute Gasteiger partial charge is 0.356 e. The average Bonchev–Trinajstić information content (AvgIpc) is 2.35. The van der Waals surface area contributed by atoms with Gasteiger partial charge in [-0.15, -0.1) is 0 Å². The Kier molecular flexibility index (Phi) is 2.20. The Labute approximate surface area is 70.6 Å². The minimum absolute atomic E-state index is 0.586. The molecule has 0 atom stereocenters. The van der Waals surface area contributed by atoms with Gasteiger partial charge in [-0.05, 0) is 0 Å². The molecule has 0 saturated heterocycles. The number of H-pyrrole nitrogens is 1. The van der Waals surface area contributed by atoms with Crippen LogP contribution in [0, 0.1) is 0 Å². The first-order valence-corrected chi connectivity index (χ1v) is 4.24. The summed E-state index contributed by atoms with van der Waals surface area (Å²) in [6, 6.07) is 0.948. The fourth-order valence-corrected chi connectivity index (χ4v) is 0.879. The molecule has 1 rings (SSSR count). The van der Waals surface area contributed by atoms with Gasteiger partial charge in [0.05, 0.1) is 6.20 Å². The summed E-state index contributed by atoms with van der Waals surface area (Å²) >= 11 is 0. The van der Waals surface area contributed by atoms with Crippen molar-refractivity contribution in [1.82, 2.24) is 10.2 Å². The number of hydrogen-bond acceptors (Lipinski definition) is 4. The van der Waals surface area contributed by atoms with Crippen molar-refractivity contribution >= 4 is 10.1 Å². The summed E-state index contributed by atoms with van der Waals surface area (Å²) in [6.45, 7) is 0. The van der Waals surface area contributed by atoms with Crippen molar-refractivity contribution in [1.29, 1.82) is 0 Å². The Hall–Kier alpha value is -1.25. The second kappa shape index (κ2) is 2.91. The maximum absolute atomic E-state index is 11.7. The van der Waals surface area contributed by atoms with E-state index in [0.29, 0.717) is 0 Å². The highest BCUT2D eigenvalue weighted by atomic mass is 32.2. The summed E-state index contributed by atoms with van der Waals surface area (Å²) in [5, 5.41) is 5.12. The lowest BCUT2D eigenvalue weighted by Gasteiger charge is -2.06.